The van der Waals surface area contributed by atoms with Gasteiger partial charge in [-0.15, -0.1) is 0 Å². The Hall–Kier alpha value is -2.19. The van der Waals surface area contributed by atoms with E-state index in [0.29, 0.717) is 29.2 Å². The second-order valence-electron chi connectivity index (χ2n) is 9.64. The fourth-order valence-corrected chi connectivity index (χ4v) is 5.00. The number of benzene rings is 2. The minimum Gasteiger partial charge on any atom is -0.216 e. The maximum Gasteiger partial charge on any atom is 0.438 e. The number of rotatable bonds is 8. The first-order valence-electron chi connectivity index (χ1n) is 12.1. The van der Waals surface area contributed by atoms with Gasteiger partial charge in [-0.1, -0.05) is 81.1 Å². The normalized spacial score (nSPS) is 19.9. The molecule has 0 aromatic heterocycles. The molecule has 0 unspecified atom stereocenters. The van der Waals surface area contributed by atoms with Gasteiger partial charge >= 0.3 is 23.9 Å². The molecule has 1 aliphatic rings. The van der Waals surface area contributed by atoms with Crippen molar-refractivity contribution in [3.63, 3.8) is 0 Å². The molecule has 36 heavy (non-hydrogen) atoms. The number of hydrogen-bond donors (Lipinski definition) is 0. The summed E-state index contributed by atoms with van der Waals surface area (Å²) in [6.45, 7) is 2.18. The standard InChI is InChI=1S/C27H29F9/c1-2-3-4-5-18-6-8-19(9-7-18)20-10-12-21(13-11-20)22-14-16-23(17-15-22)24(28,29)25(30,26(31,32)33)27(34,35)36/h10-19H,2-9H2,1H3. The number of hydrogen-bond acceptors (Lipinski definition) is 0. The smallest absolute Gasteiger partial charge is 0.216 e. The average molecular weight is 525 g/mol. The Kier molecular flexibility index (Phi) is 8.40. The molecule has 0 bridgehead atoms. The molecule has 0 N–H and O–H groups in total. The van der Waals surface area contributed by atoms with Crippen LogP contribution >= 0.6 is 0 Å². The molecule has 0 atom stereocenters. The molecule has 0 heterocycles. The number of unbranched alkanes of at least 4 members (excludes halogenated alkanes) is 2. The molecule has 0 spiro atoms. The Bertz CT molecular complexity index is 950. The lowest BCUT2D eigenvalue weighted by molar-refractivity contribution is -0.400. The zero-order valence-electron chi connectivity index (χ0n) is 19.8. The molecule has 9 heteroatoms. The van der Waals surface area contributed by atoms with Crippen LogP contribution in [-0.2, 0) is 5.92 Å². The minimum atomic E-state index is -6.86. The van der Waals surface area contributed by atoms with Crippen LogP contribution < -0.4 is 0 Å². The van der Waals surface area contributed by atoms with Gasteiger partial charge in [0.15, 0.2) is 0 Å². The van der Waals surface area contributed by atoms with Crippen molar-refractivity contribution in [3.8, 4) is 11.1 Å². The summed E-state index contributed by atoms with van der Waals surface area (Å²) >= 11 is 0. The van der Waals surface area contributed by atoms with Gasteiger partial charge in [-0.3, -0.25) is 0 Å². The van der Waals surface area contributed by atoms with Gasteiger partial charge in [-0.2, -0.15) is 35.1 Å². The van der Waals surface area contributed by atoms with Gasteiger partial charge in [0.1, 0.15) is 0 Å². The van der Waals surface area contributed by atoms with Gasteiger partial charge in [0, 0.05) is 5.56 Å². The van der Waals surface area contributed by atoms with Crippen molar-refractivity contribution in [1.82, 2.24) is 0 Å². The van der Waals surface area contributed by atoms with Gasteiger partial charge in [-0.05, 0) is 54.2 Å². The highest BCUT2D eigenvalue weighted by Gasteiger charge is 2.84. The summed E-state index contributed by atoms with van der Waals surface area (Å²) in [5.74, 6) is -4.72. The maximum atomic E-state index is 14.3. The molecule has 0 saturated heterocycles. The molecule has 3 rings (SSSR count). The van der Waals surface area contributed by atoms with Crippen molar-refractivity contribution < 1.29 is 39.5 Å². The third-order valence-electron chi connectivity index (χ3n) is 7.24. The zero-order valence-corrected chi connectivity index (χ0v) is 19.8. The predicted molar refractivity (Wildman–Crippen MR) is 121 cm³/mol. The van der Waals surface area contributed by atoms with E-state index in [4.69, 9.17) is 0 Å². The van der Waals surface area contributed by atoms with Gasteiger partial charge in [-0.25, -0.2) is 4.39 Å². The third-order valence-corrected chi connectivity index (χ3v) is 7.24. The highest BCUT2D eigenvalue weighted by atomic mass is 19.4. The second-order valence-corrected chi connectivity index (χ2v) is 9.64. The molecule has 1 saturated carbocycles. The van der Waals surface area contributed by atoms with E-state index >= 15 is 0 Å². The van der Waals surface area contributed by atoms with E-state index in [2.05, 4.69) is 6.92 Å². The first-order chi connectivity index (χ1) is 16.7. The Labute approximate surface area is 204 Å². The third kappa shape index (κ3) is 5.54. The molecule has 0 aliphatic heterocycles. The maximum absolute atomic E-state index is 14.3. The van der Waals surface area contributed by atoms with Gasteiger partial charge in [0.05, 0.1) is 0 Å². The predicted octanol–water partition coefficient (Wildman–Crippen LogP) is 10.1. The quantitative estimate of drug-likeness (QED) is 0.238. The lowest BCUT2D eigenvalue weighted by atomic mass is 9.77. The monoisotopic (exact) mass is 524 g/mol. The van der Waals surface area contributed by atoms with Crippen LogP contribution in [-0.4, -0.2) is 18.0 Å². The fourth-order valence-electron chi connectivity index (χ4n) is 5.00. The molecular weight excluding hydrogens is 495 g/mol. The summed E-state index contributed by atoms with van der Waals surface area (Å²) in [5.41, 5.74) is -6.43. The Morgan fingerprint density at radius 3 is 1.56 bits per heavy atom. The SMILES string of the molecule is CCCCCC1CCC(c2ccc(-c3ccc(C(F)(F)C(F)(C(F)(F)F)C(F)(F)F)cc3)cc2)CC1. The minimum absolute atomic E-state index is 0.309. The first kappa shape index (κ1) is 28.4. The van der Waals surface area contributed by atoms with Gasteiger partial charge in [0.25, 0.3) is 0 Å². The molecule has 2 aromatic rings. The van der Waals surface area contributed by atoms with Crippen LogP contribution in [0.15, 0.2) is 48.5 Å². The number of halogens is 9. The van der Waals surface area contributed by atoms with Crippen LogP contribution in [0.5, 0.6) is 0 Å². The zero-order chi connectivity index (χ0) is 26.8. The number of alkyl halides is 9. The van der Waals surface area contributed by atoms with E-state index in [0.717, 1.165) is 49.3 Å². The van der Waals surface area contributed by atoms with E-state index < -0.39 is 29.5 Å². The van der Waals surface area contributed by atoms with Crippen molar-refractivity contribution in [3.05, 3.63) is 59.7 Å². The summed E-state index contributed by atoms with van der Waals surface area (Å²) < 4.78 is 120. The van der Waals surface area contributed by atoms with Gasteiger partial charge < -0.3 is 0 Å². The summed E-state index contributed by atoms with van der Waals surface area (Å²) in [6, 6.07) is 10.0. The molecular formula is C27H29F9. The largest absolute Gasteiger partial charge is 0.438 e. The second kappa shape index (κ2) is 10.7. The van der Waals surface area contributed by atoms with Crippen molar-refractivity contribution >= 4 is 0 Å². The Morgan fingerprint density at radius 1 is 0.639 bits per heavy atom. The van der Waals surface area contributed by atoms with Crippen LogP contribution in [0.2, 0.25) is 0 Å². The summed E-state index contributed by atoms with van der Waals surface area (Å²) in [5, 5.41) is 0. The van der Waals surface area contributed by atoms with Crippen molar-refractivity contribution in [2.75, 3.05) is 0 Å². The highest BCUT2D eigenvalue weighted by Crippen LogP contribution is 2.58. The molecule has 1 fully saturated rings. The van der Waals surface area contributed by atoms with Crippen LogP contribution in [0, 0.1) is 5.92 Å². The highest BCUT2D eigenvalue weighted by molar-refractivity contribution is 5.64. The fraction of sp³-hybridized carbons (Fsp3) is 0.556. The molecule has 200 valence electrons. The van der Waals surface area contributed by atoms with E-state index in [9.17, 15) is 39.5 Å². The summed E-state index contributed by atoms with van der Waals surface area (Å²) in [7, 11) is 0. The van der Waals surface area contributed by atoms with Crippen LogP contribution in [0.1, 0.15) is 75.3 Å². The van der Waals surface area contributed by atoms with Crippen molar-refractivity contribution in [2.24, 2.45) is 5.92 Å². The topological polar surface area (TPSA) is 0 Å². The van der Waals surface area contributed by atoms with Crippen LogP contribution in [0.4, 0.5) is 39.5 Å². The van der Waals surface area contributed by atoms with E-state index in [-0.39, 0.29) is 0 Å². The van der Waals surface area contributed by atoms with E-state index in [1.807, 2.05) is 12.1 Å². The summed E-state index contributed by atoms with van der Waals surface area (Å²) in [4.78, 5) is 0. The lowest BCUT2D eigenvalue weighted by Crippen LogP contribution is -2.63. The van der Waals surface area contributed by atoms with Crippen LogP contribution in [0.25, 0.3) is 11.1 Å². The lowest BCUT2D eigenvalue weighted by Gasteiger charge is -2.36. The summed E-state index contributed by atoms with van der Waals surface area (Å²) in [6.07, 6.45) is -4.30. The van der Waals surface area contributed by atoms with E-state index in [1.54, 1.807) is 12.1 Å². The van der Waals surface area contributed by atoms with Crippen LogP contribution in [0.3, 0.4) is 0 Å². The molecule has 0 radical (unpaired) electrons. The first-order valence-corrected chi connectivity index (χ1v) is 12.1. The van der Waals surface area contributed by atoms with Crippen molar-refractivity contribution in [1.29, 1.82) is 0 Å². The van der Waals surface area contributed by atoms with Crippen molar-refractivity contribution in [2.45, 2.75) is 88.2 Å². The van der Waals surface area contributed by atoms with Gasteiger partial charge in [0.2, 0.25) is 0 Å². The molecule has 0 nitrogen and oxygen atoms in total. The Balaban J connectivity index is 1.72. The Morgan fingerprint density at radius 2 is 1.11 bits per heavy atom. The molecule has 2 aromatic carbocycles. The average Bonchev–Trinajstić information content (AvgIpc) is 2.83. The van der Waals surface area contributed by atoms with E-state index in [1.165, 1.54) is 25.7 Å². The molecule has 0 amide bonds. The molecule has 1 aliphatic carbocycles.